The summed E-state index contributed by atoms with van der Waals surface area (Å²) in [6.07, 6.45) is 1.62. The summed E-state index contributed by atoms with van der Waals surface area (Å²) in [5.74, 6) is -0.672. The molecule has 3 aromatic rings. The Morgan fingerprint density at radius 3 is 2.68 bits per heavy atom. The smallest absolute Gasteiger partial charge is 0.259 e. The van der Waals surface area contributed by atoms with Crippen molar-refractivity contribution >= 4 is 23.3 Å². The molecule has 1 aromatic carbocycles. The molecule has 3 heterocycles. The molecule has 9 heteroatoms. The standard InChI is InChI=1S/C22H23FN6O2/c1-12(2)29-11-24-27-19(29)16-7-6-8-18(25-16)26-20(30)13-9-17-14(10-15(13)23)22(3,4)21(31)28(17)5/h6-12H,1-5H3,(H,25,26,30). The first kappa shape index (κ1) is 20.6. The molecule has 4 rings (SSSR count). The highest BCUT2D eigenvalue weighted by atomic mass is 19.1. The Morgan fingerprint density at radius 2 is 1.97 bits per heavy atom. The molecule has 0 unspecified atom stereocenters. The van der Waals surface area contributed by atoms with Crippen LogP contribution in [0.5, 0.6) is 0 Å². The van der Waals surface area contributed by atoms with E-state index in [4.69, 9.17) is 0 Å². The van der Waals surface area contributed by atoms with Gasteiger partial charge in [0.05, 0.1) is 11.0 Å². The third-order valence-corrected chi connectivity index (χ3v) is 5.55. The third-order valence-electron chi connectivity index (χ3n) is 5.55. The number of halogens is 1. The second kappa shape index (κ2) is 7.26. The van der Waals surface area contributed by atoms with Crippen LogP contribution in [0.15, 0.2) is 36.7 Å². The lowest BCUT2D eigenvalue weighted by atomic mass is 9.85. The van der Waals surface area contributed by atoms with Gasteiger partial charge in [0.25, 0.3) is 5.91 Å². The fourth-order valence-corrected chi connectivity index (χ4v) is 3.77. The van der Waals surface area contributed by atoms with Crippen molar-refractivity contribution in [3.8, 4) is 11.5 Å². The number of hydrogen-bond donors (Lipinski definition) is 1. The maximum atomic E-state index is 14.8. The zero-order valence-electron chi connectivity index (χ0n) is 18.0. The van der Waals surface area contributed by atoms with Crippen molar-refractivity contribution in [3.05, 3.63) is 53.6 Å². The summed E-state index contributed by atoms with van der Waals surface area (Å²) in [5.41, 5.74) is 0.608. The van der Waals surface area contributed by atoms with Crippen molar-refractivity contribution in [3.63, 3.8) is 0 Å². The molecule has 1 aliphatic rings. The molecule has 0 fully saturated rings. The molecule has 2 aromatic heterocycles. The normalized spacial score (nSPS) is 14.8. The lowest BCUT2D eigenvalue weighted by Crippen LogP contribution is -2.33. The van der Waals surface area contributed by atoms with E-state index in [2.05, 4.69) is 20.5 Å². The predicted molar refractivity (Wildman–Crippen MR) is 114 cm³/mol. The number of anilines is 2. The van der Waals surface area contributed by atoms with Gasteiger partial charge in [-0.25, -0.2) is 9.37 Å². The molecule has 0 radical (unpaired) electrons. The van der Waals surface area contributed by atoms with Crippen LogP contribution in [0.3, 0.4) is 0 Å². The molecule has 0 spiro atoms. The van der Waals surface area contributed by atoms with Gasteiger partial charge in [0.15, 0.2) is 5.82 Å². The number of fused-ring (bicyclic) bond motifs is 1. The number of nitrogens with zero attached hydrogens (tertiary/aromatic N) is 5. The van der Waals surface area contributed by atoms with Gasteiger partial charge >= 0.3 is 0 Å². The van der Waals surface area contributed by atoms with E-state index in [0.29, 0.717) is 22.8 Å². The second-order valence-corrected chi connectivity index (χ2v) is 8.36. The van der Waals surface area contributed by atoms with Crippen molar-refractivity contribution in [1.82, 2.24) is 19.7 Å². The van der Waals surface area contributed by atoms with E-state index < -0.39 is 17.1 Å². The molecule has 0 atom stereocenters. The maximum absolute atomic E-state index is 14.8. The average molecular weight is 422 g/mol. The maximum Gasteiger partial charge on any atom is 0.259 e. The van der Waals surface area contributed by atoms with E-state index >= 15 is 0 Å². The van der Waals surface area contributed by atoms with Gasteiger partial charge in [-0.15, -0.1) is 10.2 Å². The minimum Gasteiger partial charge on any atom is -0.314 e. The number of pyridine rings is 1. The topological polar surface area (TPSA) is 93.0 Å². The number of amides is 2. The van der Waals surface area contributed by atoms with Gasteiger partial charge in [0.2, 0.25) is 5.91 Å². The zero-order valence-corrected chi connectivity index (χ0v) is 18.0. The Bertz CT molecular complexity index is 1200. The quantitative estimate of drug-likeness (QED) is 0.694. The van der Waals surface area contributed by atoms with Crippen LogP contribution in [0.2, 0.25) is 0 Å². The number of aromatic nitrogens is 4. The summed E-state index contributed by atoms with van der Waals surface area (Å²) in [5, 5.41) is 10.7. The SMILES string of the molecule is CC(C)n1cnnc1-c1cccc(NC(=O)c2cc3c(cc2F)C(C)(C)C(=O)N3C)n1. The van der Waals surface area contributed by atoms with Crippen molar-refractivity contribution in [2.24, 2.45) is 0 Å². The Morgan fingerprint density at radius 1 is 1.23 bits per heavy atom. The summed E-state index contributed by atoms with van der Waals surface area (Å²) < 4.78 is 16.7. The van der Waals surface area contributed by atoms with Crippen molar-refractivity contribution in [1.29, 1.82) is 0 Å². The number of carbonyl (C=O) groups is 2. The van der Waals surface area contributed by atoms with Crippen LogP contribution < -0.4 is 10.2 Å². The first-order chi connectivity index (χ1) is 14.6. The van der Waals surface area contributed by atoms with Crippen LogP contribution in [0.1, 0.15) is 49.7 Å². The van der Waals surface area contributed by atoms with Gasteiger partial charge in [0.1, 0.15) is 23.7 Å². The van der Waals surface area contributed by atoms with Gasteiger partial charge in [-0.1, -0.05) is 6.07 Å². The molecular formula is C22H23FN6O2. The summed E-state index contributed by atoms with van der Waals surface area (Å²) >= 11 is 0. The van der Waals surface area contributed by atoms with Gasteiger partial charge in [-0.3, -0.25) is 9.59 Å². The number of nitrogens with one attached hydrogen (secondary N) is 1. The van der Waals surface area contributed by atoms with Crippen molar-refractivity contribution < 1.29 is 14.0 Å². The molecule has 2 amide bonds. The lowest BCUT2D eigenvalue weighted by molar-refractivity contribution is -0.121. The molecule has 1 aliphatic heterocycles. The van der Waals surface area contributed by atoms with Crippen molar-refractivity contribution in [2.75, 3.05) is 17.3 Å². The molecular weight excluding hydrogens is 399 g/mol. The zero-order chi connectivity index (χ0) is 22.5. The van der Waals surface area contributed by atoms with E-state index in [0.717, 1.165) is 0 Å². The fourth-order valence-electron chi connectivity index (χ4n) is 3.77. The molecule has 0 aliphatic carbocycles. The van der Waals surface area contributed by atoms with E-state index in [1.165, 1.54) is 17.0 Å². The second-order valence-electron chi connectivity index (χ2n) is 8.36. The van der Waals surface area contributed by atoms with Gasteiger partial charge in [-0.05, 0) is 57.5 Å². The Labute approximate surface area is 179 Å². The highest BCUT2D eigenvalue weighted by Crippen LogP contribution is 2.42. The highest BCUT2D eigenvalue weighted by molar-refractivity contribution is 6.10. The summed E-state index contributed by atoms with van der Waals surface area (Å²) in [6, 6.07) is 7.91. The number of benzene rings is 1. The van der Waals surface area contributed by atoms with Crippen LogP contribution in [-0.2, 0) is 10.2 Å². The van der Waals surface area contributed by atoms with Gasteiger partial charge < -0.3 is 14.8 Å². The number of rotatable bonds is 4. The number of hydrogen-bond acceptors (Lipinski definition) is 5. The predicted octanol–water partition coefficient (Wildman–Crippen LogP) is 3.57. The first-order valence-electron chi connectivity index (χ1n) is 9.91. The van der Waals surface area contributed by atoms with Crippen LogP contribution in [-0.4, -0.2) is 38.6 Å². The van der Waals surface area contributed by atoms with Crippen LogP contribution in [0.25, 0.3) is 11.5 Å². The molecule has 0 bridgehead atoms. The first-order valence-corrected chi connectivity index (χ1v) is 9.91. The number of carbonyl (C=O) groups excluding carboxylic acids is 2. The minimum atomic E-state index is -0.845. The summed E-state index contributed by atoms with van der Waals surface area (Å²) in [4.78, 5) is 31.2. The van der Waals surface area contributed by atoms with Crippen LogP contribution >= 0.6 is 0 Å². The third kappa shape index (κ3) is 3.35. The number of likely N-dealkylation sites (N-methyl/N-ethyl adjacent to an activating group) is 1. The molecule has 1 N–H and O–H groups in total. The molecule has 160 valence electrons. The van der Waals surface area contributed by atoms with Crippen LogP contribution in [0, 0.1) is 5.82 Å². The minimum absolute atomic E-state index is 0.134. The molecule has 0 saturated heterocycles. The fraction of sp³-hybridized carbons (Fsp3) is 0.318. The summed E-state index contributed by atoms with van der Waals surface area (Å²) in [6.45, 7) is 7.47. The van der Waals surface area contributed by atoms with Gasteiger partial charge in [-0.2, -0.15) is 0 Å². The van der Waals surface area contributed by atoms with E-state index in [1.807, 2.05) is 18.4 Å². The Balaban J connectivity index is 1.65. The van der Waals surface area contributed by atoms with Gasteiger partial charge in [0, 0.05) is 18.8 Å². The summed E-state index contributed by atoms with van der Waals surface area (Å²) in [7, 11) is 1.62. The molecule has 8 nitrogen and oxygen atoms in total. The van der Waals surface area contributed by atoms with Crippen molar-refractivity contribution in [2.45, 2.75) is 39.2 Å². The molecule has 31 heavy (non-hydrogen) atoms. The van der Waals surface area contributed by atoms with E-state index in [1.54, 1.807) is 45.4 Å². The average Bonchev–Trinajstić information content (AvgIpc) is 3.27. The van der Waals surface area contributed by atoms with E-state index in [9.17, 15) is 14.0 Å². The van der Waals surface area contributed by atoms with Crippen LogP contribution in [0.4, 0.5) is 15.9 Å². The Kier molecular flexibility index (Phi) is 4.83. The largest absolute Gasteiger partial charge is 0.314 e. The van der Waals surface area contributed by atoms with E-state index in [-0.39, 0.29) is 23.3 Å². The Hall–Kier alpha value is -3.62. The lowest BCUT2D eigenvalue weighted by Gasteiger charge is -2.16. The monoisotopic (exact) mass is 422 g/mol. The highest BCUT2D eigenvalue weighted by Gasteiger charge is 2.43. The molecule has 0 saturated carbocycles.